The van der Waals surface area contributed by atoms with Crippen molar-refractivity contribution in [3.05, 3.63) is 59.0 Å². The van der Waals surface area contributed by atoms with Gasteiger partial charge >= 0.3 is 0 Å². The van der Waals surface area contributed by atoms with E-state index < -0.39 is 0 Å². The molecule has 0 aliphatic carbocycles. The summed E-state index contributed by atoms with van der Waals surface area (Å²) in [5.41, 5.74) is 2.81. The van der Waals surface area contributed by atoms with Gasteiger partial charge in [0.15, 0.2) is 0 Å². The number of rotatable bonds is 3. The lowest BCUT2D eigenvalue weighted by Gasteiger charge is -2.17. The molecule has 0 fully saturated rings. The summed E-state index contributed by atoms with van der Waals surface area (Å²) in [5, 5.41) is 11.7. The zero-order valence-electron chi connectivity index (χ0n) is 10.8. The number of anilines is 1. The van der Waals surface area contributed by atoms with Crippen molar-refractivity contribution in [3.8, 4) is 0 Å². The monoisotopic (exact) mass is 289 g/mol. The number of halogens is 2. The summed E-state index contributed by atoms with van der Waals surface area (Å²) in [4.78, 5) is 0. The maximum absolute atomic E-state index is 13.1. The number of aromatic nitrogens is 2. The molecular weight excluding hydrogens is 277 g/mol. The number of aromatic amines is 1. The molecule has 3 nitrogen and oxygen atoms in total. The first-order chi connectivity index (χ1) is 9.63. The van der Waals surface area contributed by atoms with Gasteiger partial charge in [0.2, 0.25) is 0 Å². The van der Waals surface area contributed by atoms with Gasteiger partial charge < -0.3 is 5.32 Å². The predicted molar refractivity (Wildman–Crippen MR) is 79.5 cm³/mol. The summed E-state index contributed by atoms with van der Waals surface area (Å²) in [6.45, 7) is 1.98. The number of H-pyrrole nitrogens is 1. The molecule has 2 aromatic carbocycles. The van der Waals surface area contributed by atoms with Gasteiger partial charge in [0, 0.05) is 22.1 Å². The number of nitrogens with zero attached hydrogens (tertiary/aromatic N) is 1. The minimum Gasteiger partial charge on any atom is -0.378 e. The van der Waals surface area contributed by atoms with Crippen molar-refractivity contribution in [2.45, 2.75) is 13.0 Å². The van der Waals surface area contributed by atoms with Gasteiger partial charge in [0.25, 0.3) is 0 Å². The van der Waals surface area contributed by atoms with Crippen LogP contribution < -0.4 is 5.32 Å². The van der Waals surface area contributed by atoms with Crippen LogP contribution in [0.15, 0.2) is 42.6 Å². The average molecular weight is 290 g/mol. The van der Waals surface area contributed by atoms with E-state index >= 15 is 0 Å². The Kier molecular flexibility index (Phi) is 3.32. The second kappa shape index (κ2) is 5.13. The van der Waals surface area contributed by atoms with E-state index in [1.807, 2.05) is 25.1 Å². The highest BCUT2D eigenvalue weighted by molar-refractivity contribution is 6.31. The quantitative estimate of drug-likeness (QED) is 0.744. The Morgan fingerprint density at radius 2 is 2.10 bits per heavy atom. The molecular formula is C15H13ClFN3. The fourth-order valence-electron chi connectivity index (χ4n) is 2.21. The molecule has 3 aromatic rings. The summed E-state index contributed by atoms with van der Waals surface area (Å²) >= 11 is 6.07. The largest absolute Gasteiger partial charge is 0.378 e. The SMILES string of the molecule is CC(Nc1ccc2[nH]ncc2c1)c1ccc(F)cc1Cl. The molecule has 5 heteroatoms. The summed E-state index contributed by atoms with van der Waals surface area (Å²) in [6.07, 6.45) is 1.77. The molecule has 0 spiro atoms. The third-order valence-corrected chi connectivity index (χ3v) is 3.58. The molecule has 1 aromatic heterocycles. The number of benzene rings is 2. The molecule has 0 saturated heterocycles. The van der Waals surface area contributed by atoms with Crippen LogP contribution >= 0.6 is 11.6 Å². The van der Waals surface area contributed by atoms with Crippen LogP contribution in [0.1, 0.15) is 18.5 Å². The molecule has 1 unspecified atom stereocenters. The third kappa shape index (κ3) is 2.47. The van der Waals surface area contributed by atoms with Gasteiger partial charge in [0.05, 0.1) is 11.7 Å². The van der Waals surface area contributed by atoms with Crippen LogP contribution in [-0.4, -0.2) is 10.2 Å². The number of hydrogen-bond acceptors (Lipinski definition) is 2. The van der Waals surface area contributed by atoms with E-state index in [0.29, 0.717) is 5.02 Å². The Labute approximate surface area is 120 Å². The van der Waals surface area contributed by atoms with E-state index in [4.69, 9.17) is 11.6 Å². The number of hydrogen-bond donors (Lipinski definition) is 2. The predicted octanol–water partition coefficient (Wildman–Crippen LogP) is 4.53. The Hall–Kier alpha value is -2.07. The van der Waals surface area contributed by atoms with Crippen molar-refractivity contribution < 1.29 is 4.39 Å². The topological polar surface area (TPSA) is 40.7 Å². The lowest BCUT2D eigenvalue weighted by atomic mass is 10.1. The highest BCUT2D eigenvalue weighted by Gasteiger charge is 2.10. The molecule has 0 saturated carbocycles. The van der Waals surface area contributed by atoms with E-state index in [0.717, 1.165) is 22.2 Å². The Bertz CT molecular complexity index is 754. The van der Waals surface area contributed by atoms with E-state index in [-0.39, 0.29) is 11.9 Å². The van der Waals surface area contributed by atoms with E-state index in [1.165, 1.54) is 12.1 Å². The normalized spacial score (nSPS) is 12.6. The first-order valence-electron chi connectivity index (χ1n) is 6.28. The van der Waals surface area contributed by atoms with Gasteiger partial charge in [-0.3, -0.25) is 5.10 Å². The molecule has 102 valence electrons. The third-order valence-electron chi connectivity index (χ3n) is 3.25. The molecule has 0 amide bonds. The van der Waals surface area contributed by atoms with Crippen molar-refractivity contribution in [2.24, 2.45) is 0 Å². The number of nitrogens with one attached hydrogen (secondary N) is 2. The Morgan fingerprint density at radius 1 is 1.25 bits per heavy atom. The van der Waals surface area contributed by atoms with Crippen molar-refractivity contribution in [2.75, 3.05) is 5.32 Å². The summed E-state index contributed by atoms with van der Waals surface area (Å²) in [6, 6.07) is 10.4. The van der Waals surface area contributed by atoms with Gasteiger partial charge in [0.1, 0.15) is 5.82 Å². The molecule has 20 heavy (non-hydrogen) atoms. The average Bonchev–Trinajstić information content (AvgIpc) is 2.85. The zero-order valence-corrected chi connectivity index (χ0v) is 11.6. The highest BCUT2D eigenvalue weighted by atomic mass is 35.5. The molecule has 1 heterocycles. The lowest BCUT2D eigenvalue weighted by Crippen LogP contribution is -2.07. The van der Waals surface area contributed by atoms with Crippen molar-refractivity contribution >= 4 is 28.2 Å². The molecule has 3 rings (SSSR count). The van der Waals surface area contributed by atoms with Crippen molar-refractivity contribution in [3.63, 3.8) is 0 Å². The minimum atomic E-state index is -0.328. The molecule has 0 aliphatic rings. The highest BCUT2D eigenvalue weighted by Crippen LogP contribution is 2.27. The summed E-state index contributed by atoms with van der Waals surface area (Å²) in [5.74, 6) is -0.328. The first kappa shape index (κ1) is 12.9. The van der Waals surface area contributed by atoms with Gasteiger partial charge in [-0.15, -0.1) is 0 Å². The molecule has 0 radical (unpaired) electrons. The fraction of sp³-hybridized carbons (Fsp3) is 0.133. The van der Waals surface area contributed by atoms with Crippen LogP contribution in [0.25, 0.3) is 10.9 Å². The molecule has 2 N–H and O–H groups in total. The molecule has 0 aliphatic heterocycles. The first-order valence-corrected chi connectivity index (χ1v) is 6.66. The summed E-state index contributed by atoms with van der Waals surface area (Å²) < 4.78 is 13.1. The van der Waals surface area contributed by atoms with Crippen LogP contribution in [0.3, 0.4) is 0 Å². The van der Waals surface area contributed by atoms with Gasteiger partial charge in [-0.1, -0.05) is 17.7 Å². The second-order valence-electron chi connectivity index (χ2n) is 4.70. The fourth-order valence-corrected chi connectivity index (χ4v) is 2.54. The maximum atomic E-state index is 13.1. The van der Waals surface area contributed by atoms with Gasteiger partial charge in [-0.05, 0) is 42.8 Å². The van der Waals surface area contributed by atoms with Gasteiger partial charge in [-0.2, -0.15) is 5.10 Å². The van der Waals surface area contributed by atoms with Crippen molar-refractivity contribution in [1.82, 2.24) is 10.2 Å². The maximum Gasteiger partial charge on any atom is 0.124 e. The van der Waals surface area contributed by atoms with Crippen LogP contribution in [0.2, 0.25) is 5.02 Å². The van der Waals surface area contributed by atoms with Crippen LogP contribution in [0.5, 0.6) is 0 Å². The van der Waals surface area contributed by atoms with E-state index in [9.17, 15) is 4.39 Å². The summed E-state index contributed by atoms with van der Waals surface area (Å²) in [7, 11) is 0. The van der Waals surface area contributed by atoms with E-state index in [1.54, 1.807) is 12.3 Å². The Morgan fingerprint density at radius 3 is 2.90 bits per heavy atom. The van der Waals surface area contributed by atoms with Crippen LogP contribution in [0, 0.1) is 5.82 Å². The zero-order chi connectivity index (χ0) is 14.1. The van der Waals surface area contributed by atoms with E-state index in [2.05, 4.69) is 15.5 Å². The van der Waals surface area contributed by atoms with Crippen molar-refractivity contribution in [1.29, 1.82) is 0 Å². The van der Waals surface area contributed by atoms with Gasteiger partial charge in [-0.25, -0.2) is 4.39 Å². The van der Waals surface area contributed by atoms with Crippen LogP contribution in [-0.2, 0) is 0 Å². The molecule has 0 bridgehead atoms. The molecule has 1 atom stereocenters. The standard InChI is InChI=1S/C15H13ClFN3/c1-9(13-4-2-11(17)7-14(13)16)19-12-3-5-15-10(6-12)8-18-20-15/h2-9,19H,1H3,(H,18,20). The Balaban J connectivity index is 1.85. The van der Waals surface area contributed by atoms with Crippen LogP contribution in [0.4, 0.5) is 10.1 Å². The number of fused-ring (bicyclic) bond motifs is 1. The smallest absolute Gasteiger partial charge is 0.124 e. The minimum absolute atomic E-state index is 0.0209. The second-order valence-corrected chi connectivity index (χ2v) is 5.11. The lowest BCUT2D eigenvalue weighted by molar-refractivity contribution is 0.626.